The molecule has 2 N–H and O–H groups in total. The number of nitrogens with one attached hydrogen (secondary N) is 2. The fraction of sp³-hybridized carbons (Fsp3) is 0.571. The van der Waals surface area contributed by atoms with Crippen molar-refractivity contribution >= 4 is 17.4 Å². The maximum absolute atomic E-state index is 12.3. The second kappa shape index (κ2) is 6.51. The SMILES string of the molecule is CCCNc1ncc([N+](=O)[O-])cc1C(=O)NC1CC(C)C1. The number of hydrogen-bond donors (Lipinski definition) is 2. The van der Waals surface area contributed by atoms with Gasteiger partial charge in [0.2, 0.25) is 0 Å². The predicted molar refractivity (Wildman–Crippen MR) is 79.3 cm³/mol. The van der Waals surface area contributed by atoms with Gasteiger partial charge in [-0.25, -0.2) is 4.98 Å². The van der Waals surface area contributed by atoms with Gasteiger partial charge in [0.1, 0.15) is 12.0 Å². The molecule has 0 saturated heterocycles. The number of pyridine rings is 1. The van der Waals surface area contributed by atoms with Crippen LogP contribution in [0.1, 0.15) is 43.5 Å². The van der Waals surface area contributed by atoms with Crippen molar-refractivity contribution in [2.24, 2.45) is 5.92 Å². The quantitative estimate of drug-likeness (QED) is 0.619. The van der Waals surface area contributed by atoms with Crippen LogP contribution in [0, 0.1) is 16.0 Å². The summed E-state index contributed by atoms with van der Waals surface area (Å²) in [4.78, 5) is 26.6. The lowest BCUT2D eigenvalue weighted by molar-refractivity contribution is -0.385. The maximum atomic E-state index is 12.3. The van der Waals surface area contributed by atoms with Crippen molar-refractivity contribution in [2.75, 3.05) is 11.9 Å². The predicted octanol–water partition coefficient (Wildman–Crippen LogP) is 2.34. The Hall–Kier alpha value is -2.18. The Morgan fingerprint density at radius 2 is 2.24 bits per heavy atom. The summed E-state index contributed by atoms with van der Waals surface area (Å²) in [6.07, 6.45) is 3.94. The number of aromatic nitrogens is 1. The van der Waals surface area contributed by atoms with Crippen LogP contribution in [0.3, 0.4) is 0 Å². The molecule has 1 amide bonds. The Morgan fingerprint density at radius 3 is 2.81 bits per heavy atom. The fourth-order valence-electron chi connectivity index (χ4n) is 2.39. The van der Waals surface area contributed by atoms with Crippen LogP contribution in [0.2, 0.25) is 0 Å². The van der Waals surface area contributed by atoms with E-state index in [1.165, 1.54) is 12.3 Å². The Labute approximate surface area is 123 Å². The standard InChI is InChI=1S/C14H20N4O3/c1-3-4-15-13-12(7-11(8-16-13)18(20)21)14(19)17-10-5-9(2)6-10/h7-10H,3-6H2,1-2H3,(H,15,16)(H,17,19). The molecule has 1 aromatic rings. The van der Waals surface area contributed by atoms with Gasteiger partial charge < -0.3 is 10.6 Å². The fourth-order valence-corrected chi connectivity index (χ4v) is 2.39. The maximum Gasteiger partial charge on any atom is 0.288 e. The highest BCUT2D eigenvalue weighted by Crippen LogP contribution is 2.27. The lowest BCUT2D eigenvalue weighted by Gasteiger charge is -2.33. The van der Waals surface area contributed by atoms with Crippen molar-refractivity contribution in [2.45, 2.75) is 39.2 Å². The van der Waals surface area contributed by atoms with Crippen molar-refractivity contribution in [3.8, 4) is 0 Å². The molecule has 1 heterocycles. The molecule has 1 aromatic heterocycles. The third-order valence-corrected chi connectivity index (χ3v) is 3.58. The summed E-state index contributed by atoms with van der Waals surface area (Å²) in [5.74, 6) is 0.713. The molecule has 0 spiro atoms. The Balaban J connectivity index is 2.18. The first-order valence-electron chi connectivity index (χ1n) is 7.20. The Kier molecular flexibility index (Phi) is 4.72. The van der Waals surface area contributed by atoms with Gasteiger partial charge in [-0.15, -0.1) is 0 Å². The monoisotopic (exact) mass is 292 g/mol. The van der Waals surface area contributed by atoms with Crippen LogP contribution in [0.5, 0.6) is 0 Å². The van der Waals surface area contributed by atoms with Gasteiger partial charge in [0.25, 0.3) is 11.6 Å². The number of anilines is 1. The molecule has 1 aliphatic rings. The van der Waals surface area contributed by atoms with E-state index >= 15 is 0 Å². The van der Waals surface area contributed by atoms with E-state index in [0.717, 1.165) is 19.3 Å². The zero-order valence-electron chi connectivity index (χ0n) is 12.3. The molecular weight excluding hydrogens is 272 g/mol. The van der Waals surface area contributed by atoms with Crippen LogP contribution in [-0.2, 0) is 0 Å². The molecule has 7 nitrogen and oxygen atoms in total. The smallest absolute Gasteiger partial charge is 0.288 e. The van der Waals surface area contributed by atoms with Crippen LogP contribution < -0.4 is 10.6 Å². The highest BCUT2D eigenvalue weighted by Gasteiger charge is 2.28. The topological polar surface area (TPSA) is 97.2 Å². The van der Waals surface area contributed by atoms with Gasteiger partial charge in [0.05, 0.1) is 10.5 Å². The van der Waals surface area contributed by atoms with Crippen LogP contribution in [0.25, 0.3) is 0 Å². The lowest BCUT2D eigenvalue weighted by atomic mass is 9.82. The molecule has 0 unspecified atom stereocenters. The molecule has 21 heavy (non-hydrogen) atoms. The first-order valence-corrected chi connectivity index (χ1v) is 7.20. The molecule has 0 radical (unpaired) electrons. The van der Waals surface area contributed by atoms with Gasteiger partial charge in [-0.2, -0.15) is 0 Å². The second-order valence-electron chi connectivity index (χ2n) is 5.52. The summed E-state index contributed by atoms with van der Waals surface area (Å²) < 4.78 is 0. The van der Waals surface area contributed by atoms with Crippen molar-refractivity contribution in [3.63, 3.8) is 0 Å². The van der Waals surface area contributed by atoms with E-state index in [-0.39, 0.29) is 23.2 Å². The number of carbonyl (C=O) groups excluding carboxylic acids is 1. The van der Waals surface area contributed by atoms with Crippen molar-refractivity contribution in [1.29, 1.82) is 0 Å². The number of nitro groups is 1. The normalized spacial score (nSPS) is 20.5. The van der Waals surface area contributed by atoms with E-state index in [1.807, 2.05) is 6.92 Å². The minimum absolute atomic E-state index is 0.158. The number of carbonyl (C=O) groups is 1. The van der Waals surface area contributed by atoms with E-state index in [1.54, 1.807) is 0 Å². The van der Waals surface area contributed by atoms with Gasteiger partial charge in [-0.05, 0) is 25.2 Å². The first-order chi connectivity index (χ1) is 10.0. The zero-order valence-corrected chi connectivity index (χ0v) is 12.3. The van der Waals surface area contributed by atoms with Gasteiger partial charge in [-0.1, -0.05) is 13.8 Å². The van der Waals surface area contributed by atoms with Crippen LogP contribution in [0.15, 0.2) is 12.3 Å². The summed E-state index contributed by atoms with van der Waals surface area (Å²) in [6.45, 7) is 4.78. The molecule has 1 fully saturated rings. The van der Waals surface area contributed by atoms with Gasteiger partial charge in [-0.3, -0.25) is 14.9 Å². The summed E-state index contributed by atoms with van der Waals surface area (Å²) in [6, 6.07) is 1.44. The molecule has 0 atom stereocenters. The average molecular weight is 292 g/mol. The molecule has 0 aliphatic heterocycles. The minimum Gasteiger partial charge on any atom is -0.369 e. The third-order valence-electron chi connectivity index (χ3n) is 3.58. The van der Waals surface area contributed by atoms with Gasteiger partial charge in [0, 0.05) is 18.7 Å². The van der Waals surface area contributed by atoms with Crippen LogP contribution in [-0.4, -0.2) is 28.4 Å². The van der Waals surface area contributed by atoms with E-state index in [2.05, 4.69) is 22.5 Å². The van der Waals surface area contributed by atoms with Gasteiger partial charge in [0.15, 0.2) is 0 Å². The highest BCUT2D eigenvalue weighted by atomic mass is 16.6. The highest BCUT2D eigenvalue weighted by molar-refractivity contribution is 5.99. The van der Waals surface area contributed by atoms with Crippen molar-refractivity contribution < 1.29 is 9.72 Å². The Morgan fingerprint density at radius 1 is 1.52 bits per heavy atom. The number of rotatable bonds is 6. The molecule has 1 aliphatic carbocycles. The van der Waals surface area contributed by atoms with E-state index in [9.17, 15) is 14.9 Å². The minimum atomic E-state index is -0.543. The van der Waals surface area contributed by atoms with Gasteiger partial charge >= 0.3 is 0 Å². The molecule has 1 saturated carbocycles. The van der Waals surface area contributed by atoms with Crippen LogP contribution >= 0.6 is 0 Å². The second-order valence-corrected chi connectivity index (χ2v) is 5.52. The third kappa shape index (κ3) is 3.68. The van der Waals surface area contributed by atoms with Crippen molar-refractivity contribution in [1.82, 2.24) is 10.3 Å². The first kappa shape index (κ1) is 15.2. The molecule has 0 aromatic carbocycles. The average Bonchev–Trinajstić information content (AvgIpc) is 2.43. The van der Waals surface area contributed by atoms with Crippen molar-refractivity contribution in [3.05, 3.63) is 27.9 Å². The van der Waals surface area contributed by atoms with E-state index < -0.39 is 4.92 Å². The zero-order chi connectivity index (χ0) is 15.4. The summed E-state index contributed by atoms with van der Waals surface area (Å²) >= 11 is 0. The molecule has 0 bridgehead atoms. The molecular formula is C14H20N4O3. The summed E-state index contributed by atoms with van der Waals surface area (Å²) in [7, 11) is 0. The number of nitrogens with zero attached hydrogens (tertiary/aromatic N) is 2. The Bertz CT molecular complexity index is 541. The largest absolute Gasteiger partial charge is 0.369 e. The number of hydrogen-bond acceptors (Lipinski definition) is 5. The summed E-state index contributed by atoms with van der Waals surface area (Å²) in [5, 5.41) is 16.8. The lowest BCUT2D eigenvalue weighted by Crippen LogP contribution is -2.43. The number of amides is 1. The molecule has 2 rings (SSSR count). The van der Waals surface area contributed by atoms with E-state index in [0.29, 0.717) is 18.3 Å². The molecule has 114 valence electrons. The summed E-state index contributed by atoms with van der Waals surface area (Å²) in [5.41, 5.74) is 0.0568. The van der Waals surface area contributed by atoms with E-state index in [4.69, 9.17) is 0 Å². The molecule has 7 heteroatoms. The van der Waals surface area contributed by atoms with Crippen LogP contribution in [0.4, 0.5) is 11.5 Å².